The first kappa shape index (κ1) is 27.2. The number of nitro groups is 1. The molecule has 0 amide bonds. The predicted molar refractivity (Wildman–Crippen MR) is 123 cm³/mol. The predicted octanol–water partition coefficient (Wildman–Crippen LogP) is 1.57. The number of dihydropyridines is 1. The van der Waals surface area contributed by atoms with Gasteiger partial charge in [0.1, 0.15) is 0 Å². The van der Waals surface area contributed by atoms with Crippen molar-refractivity contribution >= 4 is 50.8 Å². The van der Waals surface area contributed by atoms with E-state index in [1.165, 1.54) is 18.2 Å². The van der Waals surface area contributed by atoms with E-state index in [2.05, 4.69) is 26.3 Å². The molecule has 174 valence electrons. The van der Waals surface area contributed by atoms with E-state index in [-0.39, 0.29) is 53.7 Å². The number of halogens is 1. The Morgan fingerprint density at radius 1 is 1.22 bits per heavy atom. The molecule has 32 heavy (non-hydrogen) atoms. The van der Waals surface area contributed by atoms with Crippen LogP contribution in [0.4, 0.5) is 5.69 Å². The van der Waals surface area contributed by atoms with E-state index in [4.69, 9.17) is 15.2 Å². The number of amidine groups is 1. The second-order valence-corrected chi connectivity index (χ2v) is 7.42. The van der Waals surface area contributed by atoms with Crippen LogP contribution < -0.4 is 11.1 Å². The van der Waals surface area contributed by atoms with Crippen LogP contribution in [0.2, 0.25) is 0 Å². The number of nitrogens with one attached hydrogen (secondary N) is 1. The molecule has 3 N–H and O–H groups in total. The summed E-state index contributed by atoms with van der Waals surface area (Å²) in [5, 5.41) is 14.4. The summed E-state index contributed by atoms with van der Waals surface area (Å²) >= 11 is 2.09. The van der Waals surface area contributed by atoms with Crippen molar-refractivity contribution in [2.45, 2.75) is 26.7 Å². The number of rotatable bonds is 8. The number of allylic oxidation sites excluding steroid dienone is 1. The Kier molecular flexibility index (Phi) is 10.4. The zero-order valence-corrected chi connectivity index (χ0v) is 20.5. The number of benzene rings is 1. The number of carbonyl (C=O) groups excluding carboxylic acids is 2. The fourth-order valence-electron chi connectivity index (χ4n) is 3.26. The first-order chi connectivity index (χ1) is 14.7. The second kappa shape index (κ2) is 12.2. The minimum absolute atomic E-state index is 0. The van der Waals surface area contributed by atoms with Gasteiger partial charge in [0.25, 0.3) is 0 Å². The molecule has 0 saturated heterocycles. The molecule has 0 radical (unpaired) electrons. The van der Waals surface area contributed by atoms with Crippen molar-refractivity contribution in [1.82, 2.24) is 5.32 Å². The molecule has 0 aromatic heterocycles. The molecule has 0 aliphatic carbocycles. The van der Waals surface area contributed by atoms with Gasteiger partial charge in [-0.2, -0.15) is 0 Å². The summed E-state index contributed by atoms with van der Waals surface area (Å²) in [4.78, 5) is 40.7. The maximum atomic E-state index is 13.0. The molecule has 0 bridgehead atoms. The standard InChI is InChI=1S/C20H24N4O6Se.ClH/c1-4-29-18(25)15-11(3)23-14(10-22-20(21)31)17(19(26)30-5-2)16(15)12-7-6-8-13(9-12)24(27)28;/h6-9,16,23H,4-5,10H2,1-3H3,(H3,21,22,31);1H. The Hall–Kier alpha value is -2.88. The number of carbonyl (C=O) groups is 2. The van der Waals surface area contributed by atoms with Gasteiger partial charge >= 0.3 is 187 Å². The van der Waals surface area contributed by atoms with E-state index in [1.807, 2.05) is 0 Å². The molecule has 0 spiro atoms. The van der Waals surface area contributed by atoms with Gasteiger partial charge < -0.3 is 0 Å². The van der Waals surface area contributed by atoms with Crippen molar-refractivity contribution in [2.75, 3.05) is 19.8 Å². The third-order valence-electron chi connectivity index (χ3n) is 4.45. The Labute approximate surface area is 199 Å². The number of hydrogen-bond donors (Lipinski definition) is 2. The number of non-ortho nitro benzene ring substituents is 1. The summed E-state index contributed by atoms with van der Waals surface area (Å²) in [6, 6.07) is 5.77. The van der Waals surface area contributed by atoms with E-state index in [1.54, 1.807) is 26.8 Å². The van der Waals surface area contributed by atoms with Crippen LogP contribution >= 0.6 is 12.4 Å². The van der Waals surface area contributed by atoms with Gasteiger partial charge in [0.05, 0.1) is 0 Å². The average Bonchev–Trinajstić information content (AvgIpc) is 2.71. The summed E-state index contributed by atoms with van der Waals surface area (Å²) in [5.41, 5.74) is 6.95. The Morgan fingerprint density at radius 2 is 1.81 bits per heavy atom. The molecule has 10 nitrogen and oxygen atoms in total. The van der Waals surface area contributed by atoms with Crippen LogP contribution in [0, 0.1) is 10.1 Å². The molecule has 2 rings (SSSR count). The quantitative estimate of drug-likeness (QED) is 0.128. The third kappa shape index (κ3) is 6.32. The van der Waals surface area contributed by atoms with Gasteiger partial charge in [0, 0.05) is 0 Å². The number of nitrogens with two attached hydrogens (primary N) is 1. The molecule has 1 aromatic rings. The molecule has 1 heterocycles. The van der Waals surface area contributed by atoms with Crippen LogP contribution in [0.5, 0.6) is 0 Å². The number of aliphatic imine (C=N–C) groups is 1. The largest absolute Gasteiger partial charge is 0.147 e. The molecule has 12 heteroatoms. The summed E-state index contributed by atoms with van der Waals surface area (Å²) in [5.74, 6) is -2.26. The Morgan fingerprint density at radius 3 is 2.34 bits per heavy atom. The fourth-order valence-corrected chi connectivity index (χ4v) is 3.41. The van der Waals surface area contributed by atoms with Crippen LogP contribution in [0.25, 0.3) is 0 Å². The van der Waals surface area contributed by atoms with Gasteiger partial charge in [0.15, 0.2) is 0 Å². The number of nitro benzene ring substituents is 1. The zero-order valence-electron chi connectivity index (χ0n) is 17.8. The van der Waals surface area contributed by atoms with Crippen LogP contribution in [-0.2, 0) is 19.1 Å². The molecule has 1 aliphatic rings. The first-order valence-electron chi connectivity index (χ1n) is 9.49. The fraction of sp³-hybridized carbons (Fsp3) is 0.350. The summed E-state index contributed by atoms with van der Waals surface area (Å²) in [6.07, 6.45) is 0. The summed E-state index contributed by atoms with van der Waals surface area (Å²) in [6.45, 7) is 5.23. The van der Waals surface area contributed by atoms with Gasteiger partial charge in [0.2, 0.25) is 0 Å². The van der Waals surface area contributed by atoms with E-state index >= 15 is 0 Å². The average molecular weight is 532 g/mol. The molecule has 1 unspecified atom stereocenters. The Balaban J connectivity index is 0.00000512. The van der Waals surface area contributed by atoms with Gasteiger partial charge in [-0.1, -0.05) is 0 Å². The van der Waals surface area contributed by atoms with E-state index in [9.17, 15) is 19.7 Å². The Bertz CT molecular complexity index is 988. The number of hydrogen-bond acceptors (Lipinski definition) is 8. The zero-order chi connectivity index (χ0) is 23.1. The SMILES string of the molecule is CCOC(=O)C1=C(C)NC(CN=C(N)[SeH])=C(C(=O)OCC)C1c1cccc([N+](=O)[O-])c1.Cl. The second-order valence-electron chi connectivity index (χ2n) is 6.46. The molecule has 1 atom stereocenters. The van der Waals surface area contributed by atoms with Crippen LogP contribution in [0.3, 0.4) is 0 Å². The maximum Gasteiger partial charge on any atom is -0.147 e. The number of ether oxygens (including phenoxy) is 2. The van der Waals surface area contributed by atoms with Crippen LogP contribution in [-0.4, -0.2) is 57.4 Å². The molecule has 0 saturated carbocycles. The maximum absolute atomic E-state index is 13.0. The topological polar surface area (TPSA) is 146 Å². The molecule has 0 fully saturated rings. The van der Waals surface area contributed by atoms with E-state index in [0.717, 1.165) is 0 Å². The molecular weight excluding hydrogens is 507 g/mol. The van der Waals surface area contributed by atoms with E-state index < -0.39 is 22.8 Å². The van der Waals surface area contributed by atoms with Gasteiger partial charge in [-0.15, -0.1) is 12.4 Å². The normalized spacial score (nSPS) is 16.1. The van der Waals surface area contributed by atoms with Crippen molar-refractivity contribution in [3.05, 3.63) is 62.5 Å². The smallest absolute Gasteiger partial charge is 0.147 e. The van der Waals surface area contributed by atoms with E-state index in [0.29, 0.717) is 17.0 Å². The summed E-state index contributed by atoms with van der Waals surface area (Å²) in [7, 11) is 0. The number of esters is 2. The van der Waals surface area contributed by atoms with Crippen molar-refractivity contribution in [3.63, 3.8) is 0 Å². The van der Waals surface area contributed by atoms with Crippen LogP contribution in [0.1, 0.15) is 32.3 Å². The van der Waals surface area contributed by atoms with Gasteiger partial charge in [-0.05, 0) is 0 Å². The van der Waals surface area contributed by atoms with Crippen molar-refractivity contribution in [1.29, 1.82) is 0 Å². The molecule has 1 aliphatic heterocycles. The van der Waals surface area contributed by atoms with Crippen molar-refractivity contribution in [3.8, 4) is 0 Å². The molecule has 1 aromatic carbocycles. The third-order valence-corrected chi connectivity index (χ3v) is 4.75. The first-order valence-corrected chi connectivity index (χ1v) is 10.4. The molecular formula is C20H25ClN4O6Se. The number of nitrogens with zero attached hydrogens (tertiary/aromatic N) is 2. The monoisotopic (exact) mass is 532 g/mol. The minimum atomic E-state index is -0.947. The van der Waals surface area contributed by atoms with Crippen LogP contribution in [0.15, 0.2) is 51.8 Å². The van der Waals surface area contributed by atoms with Crippen molar-refractivity contribution in [2.24, 2.45) is 10.7 Å². The minimum Gasteiger partial charge on any atom is -0.147 e. The summed E-state index contributed by atoms with van der Waals surface area (Å²) < 4.78 is 10.7. The van der Waals surface area contributed by atoms with Gasteiger partial charge in [-0.3, -0.25) is 0 Å². The van der Waals surface area contributed by atoms with Crippen molar-refractivity contribution < 1.29 is 24.0 Å². The van der Waals surface area contributed by atoms with Gasteiger partial charge in [-0.25, -0.2) is 0 Å².